The van der Waals surface area contributed by atoms with Crippen LogP contribution in [0.4, 0.5) is 5.69 Å². The average molecular weight is 368 g/mol. The van der Waals surface area contributed by atoms with Crippen molar-refractivity contribution in [2.75, 3.05) is 0 Å². The topological polar surface area (TPSA) is 82.7 Å². The predicted octanol–water partition coefficient (Wildman–Crippen LogP) is 4.90. The molecule has 3 rings (SSSR count). The molecule has 1 N–H and O–H groups in total. The summed E-state index contributed by atoms with van der Waals surface area (Å²) in [6.07, 6.45) is 3.60. The minimum absolute atomic E-state index is 0.00191. The van der Waals surface area contributed by atoms with E-state index in [9.17, 15) is 15.4 Å². The highest BCUT2D eigenvalue weighted by Crippen LogP contribution is 2.27. The van der Waals surface area contributed by atoms with Crippen molar-refractivity contribution < 1.29 is 4.92 Å². The first-order valence-electron chi connectivity index (χ1n) is 6.72. The van der Waals surface area contributed by atoms with Crippen LogP contribution >= 0.6 is 15.9 Å². The molecule has 2 aromatic carbocycles. The van der Waals surface area contributed by atoms with Crippen LogP contribution in [-0.2, 0) is 0 Å². The molecule has 0 aliphatic carbocycles. The van der Waals surface area contributed by atoms with Crippen molar-refractivity contribution in [3.05, 3.63) is 74.4 Å². The van der Waals surface area contributed by atoms with Crippen molar-refractivity contribution in [2.24, 2.45) is 0 Å². The highest BCUT2D eigenvalue weighted by atomic mass is 79.9. The average Bonchev–Trinajstić information content (AvgIpc) is 2.94. The number of allylic oxidation sites excluding steroid dienone is 1. The highest BCUT2D eigenvalue weighted by Gasteiger charge is 2.08. The van der Waals surface area contributed by atoms with Crippen LogP contribution in [0.25, 0.3) is 22.6 Å². The SMILES string of the molecule is N#C/C(=C\c1c[nH]c2ccc(Br)cc12)c1ccc([N+](=O)[O-])cc1. The van der Waals surface area contributed by atoms with Gasteiger partial charge in [0.05, 0.1) is 16.6 Å². The predicted molar refractivity (Wildman–Crippen MR) is 92.6 cm³/mol. The van der Waals surface area contributed by atoms with Gasteiger partial charge < -0.3 is 4.98 Å². The number of H-pyrrole nitrogens is 1. The molecule has 0 bridgehead atoms. The summed E-state index contributed by atoms with van der Waals surface area (Å²) in [6, 6.07) is 14.0. The van der Waals surface area contributed by atoms with Gasteiger partial charge >= 0.3 is 0 Å². The number of nitrogens with one attached hydrogen (secondary N) is 1. The molecule has 6 heteroatoms. The van der Waals surface area contributed by atoms with E-state index in [0.717, 1.165) is 20.9 Å². The van der Waals surface area contributed by atoms with E-state index in [1.54, 1.807) is 18.2 Å². The van der Waals surface area contributed by atoms with Crippen molar-refractivity contribution in [3.63, 3.8) is 0 Å². The number of nitro benzene ring substituents is 1. The van der Waals surface area contributed by atoms with Gasteiger partial charge in [-0.1, -0.05) is 15.9 Å². The number of fused-ring (bicyclic) bond motifs is 1. The summed E-state index contributed by atoms with van der Waals surface area (Å²) >= 11 is 3.44. The van der Waals surface area contributed by atoms with Crippen LogP contribution in [0.3, 0.4) is 0 Å². The Morgan fingerprint density at radius 1 is 1.26 bits per heavy atom. The second-order valence-corrected chi connectivity index (χ2v) is 5.82. The van der Waals surface area contributed by atoms with Gasteiger partial charge in [-0.3, -0.25) is 10.1 Å². The zero-order valence-electron chi connectivity index (χ0n) is 11.8. The summed E-state index contributed by atoms with van der Waals surface area (Å²) in [4.78, 5) is 13.4. The van der Waals surface area contributed by atoms with E-state index < -0.39 is 4.92 Å². The fraction of sp³-hybridized carbons (Fsp3) is 0. The minimum Gasteiger partial charge on any atom is -0.361 e. The molecule has 23 heavy (non-hydrogen) atoms. The van der Waals surface area contributed by atoms with E-state index in [1.807, 2.05) is 24.4 Å². The van der Waals surface area contributed by atoms with Crippen LogP contribution in [-0.4, -0.2) is 9.91 Å². The molecule has 0 amide bonds. The summed E-state index contributed by atoms with van der Waals surface area (Å²) in [5, 5.41) is 21.1. The molecule has 112 valence electrons. The van der Waals surface area contributed by atoms with Crippen LogP contribution in [0.15, 0.2) is 53.1 Å². The lowest BCUT2D eigenvalue weighted by molar-refractivity contribution is -0.384. The van der Waals surface area contributed by atoms with Gasteiger partial charge in [0.1, 0.15) is 0 Å². The largest absolute Gasteiger partial charge is 0.361 e. The molecule has 1 aromatic heterocycles. The molecule has 0 saturated carbocycles. The van der Waals surface area contributed by atoms with Gasteiger partial charge in [0.25, 0.3) is 5.69 Å². The quantitative estimate of drug-likeness (QED) is 0.405. The maximum atomic E-state index is 10.7. The number of benzene rings is 2. The van der Waals surface area contributed by atoms with E-state index in [0.29, 0.717) is 11.1 Å². The molecule has 1 heterocycles. The van der Waals surface area contributed by atoms with Crippen LogP contribution in [0.1, 0.15) is 11.1 Å². The molecule has 3 aromatic rings. The third-order valence-corrected chi connectivity index (χ3v) is 3.98. The lowest BCUT2D eigenvalue weighted by Crippen LogP contribution is -1.88. The molecule has 0 fully saturated rings. The number of aromatic amines is 1. The van der Waals surface area contributed by atoms with E-state index in [4.69, 9.17) is 0 Å². The van der Waals surface area contributed by atoms with Crippen LogP contribution in [0.5, 0.6) is 0 Å². The normalized spacial score (nSPS) is 11.4. The third kappa shape index (κ3) is 3.00. The summed E-state index contributed by atoms with van der Waals surface area (Å²) in [5.41, 5.74) is 2.95. The van der Waals surface area contributed by atoms with Crippen LogP contribution in [0, 0.1) is 21.4 Å². The number of halogens is 1. The van der Waals surface area contributed by atoms with Gasteiger partial charge in [0.2, 0.25) is 0 Å². The summed E-state index contributed by atoms with van der Waals surface area (Å²) in [5.74, 6) is 0. The van der Waals surface area contributed by atoms with Crippen molar-refractivity contribution >= 4 is 44.2 Å². The maximum absolute atomic E-state index is 10.7. The van der Waals surface area contributed by atoms with E-state index in [2.05, 4.69) is 27.0 Å². The van der Waals surface area contributed by atoms with Crippen molar-refractivity contribution in [1.29, 1.82) is 5.26 Å². The lowest BCUT2D eigenvalue weighted by Gasteiger charge is -1.99. The first-order valence-corrected chi connectivity index (χ1v) is 7.51. The Balaban J connectivity index is 2.05. The molecule has 0 spiro atoms. The Bertz CT molecular complexity index is 966. The maximum Gasteiger partial charge on any atom is 0.269 e. The van der Waals surface area contributed by atoms with E-state index in [-0.39, 0.29) is 5.69 Å². The second kappa shape index (κ2) is 6.07. The number of non-ortho nitro benzene ring substituents is 1. The van der Waals surface area contributed by atoms with Crippen LogP contribution < -0.4 is 0 Å². The number of nitrogens with zero attached hydrogens (tertiary/aromatic N) is 2. The monoisotopic (exact) mass is 367 g/mol. The number of hydrogen-bond donors (Lipinski definition) is 1. The molecular formula is C17H10BrN3O2. The fourth-order valence-electron chi connectivity index (χ4n) is 2.33. The summed E-state index contributed by atoms with van der Waals surface area (Å²) in [7, 11) is 0. The molecule has 0 aliphatic rings. The molecule has 0 aliphatic heterocycles. The van der Waals surface area contributed by atoms with E-state index in [1.165, 1.54) is 12.1 Å². The summed E-state index contributed by atoms with van der Waals surface area (Å²) < 4.78 is 0.952. The molecule has 0 radical (unpaired) electrons. The number of nitriles is 1. The summed E-state index contributed by atoms with van der Waals surface area (Å²) in [6.45, 7) is 0. The Morgan fingerprint density at radius 2 is 2.00 bits per heavy atom. The molecular weight excluding hydrogens is 358 g/mol. The number of nitro groups is 1. The van der Waals surface area contributed by atoms with Gasteiger partial charge in [0, 0.05) is 39.3 Å². The fourth-order valence-corrected chi connectivity index (χ4v) is 2.69. The zero-order valence-corrected chi connectivity index (χ0v) is 13.4. The first-order chi connectivity index (χ1) is 11.1. The molecule has 0 saturated heterocycles. The van der Waals surface area contributed by atoms with E-state index >= 15 is 0 Å². The first kappa shape index (κ1) is 15.0. The smallest absolute Gasteiger partial charge is 0.269 e. The number of hydrogen-bond acceptors (Lipinski definition) is 3. The third-order valence-electron chi connectivity index (χ3n) is 3.49. The van der Waals surface area contributed by atoms with Gasteiger partial charge in [-0.15, -0.1) is 0 Å². The Morgan fingerprint density at radius 3 is 2.65 bits per heavy atom. The van der Waals surface area contributed by atoms with Gasteiger partial charge in [-0.05, 0) is 42.0 Å². The molecule has 0 atom stereocenters. The molecule has 5 nitrogen and oxygen atoms in total. The highest BCUT2D eigenvalue weighted by molar-refractivity contribution is 9.10. The van der Waals surface area contributed by atoms with Crippen molar-refractivity contribution in [3.8, 4) is 6.07 Å². The number of rotatable bonds is 3. The Kier molecular flexibility index (Phi) is 3.96. The second-order valence-electron chi connectivity index (χ2n) is 4.91. The van der Waals surface area contributed by atoms with Gasteiger partial charge in [0.15, 0.2) is 0 Å². The number of aromatic nitrogens is 1. The van der Waals surface area contributed by atoms with Crippen molar-refractivity contribution in [1.82, 2.24) is 4.98 Å². The lowest BCUT2D eigenvalue weighted by atomic mass is 10.0. The Labute approximate surface area is 140 Å². The van der Waals surface area contributed by atoms with Gasteiger partial charge in [-0.25, -0.2) is 0 Å². The van der Waals surface area contributed by atoms with Crippen molar-refractivity contribution in [2.45, 2.75) is 0 Å². The van der Waals surface area contributed by atoms with Gasteiger partial charge in [-0.2, -0.15) is 5.26 Å². The standard InChI is InChI=1S/C17H10BrN3O2/c18-14-3-6-17-16(8-14)13(10-20-17)7-12(9-19)11-1-4-15(5-2-11)21(22)23/h1-8,10,20H/b12-7+. The zero-order chi connectivity index (χ0) is 16.4. The Hall–Kier alpha value is -2.91. The minimum atomic E-state index is -0.462. The molecule has 0 unspecified atom stereocenters. The van der Waals surface area contributed by atoms with Crippen LogP contribution in [0.2, 0.25) is 0 Å².